The topological polar surface area (TPSA) is 88.6 Å². The maximum absolute atomic E-state index is 12.0. The van der Waals surface area contributed by atoms with Crippen LogP contribution < -0.4 is 5.32 Å². The Morgan fingerprint density at radius 1 is 1.35 bits per heavy atom. The van der Waals surface area contributed by atoms with Crippen LogP contribution in [0.25, 0.3) is 0 Å². The molecule has 0 saturated heterocycles. The van der Waals surface area contributed by atoms with Crippen LogP contribution in [0.3, 0.4) is 0 Å². The molecule has 2 aromatic rings. The van der Waals surface area contributed by atoms with Crippen LogP contribution in [0.2, 0.25) is 0 Å². The van der Waals surface area contributed by atoms with Gasteiger partial charge in [0.1, 0.15) is 5.69 Å². The first-order chi connectivity index (χ1) is 11.1. The van der Waals surface area contributed by atoms with Gasteiger partial charge in [-0.05, 0) is 18.7 Å². The lowest BCUT2D eigenvalue weighted by Gasteiger charge is -2.19. The zero-order valence-electron chi connectivity index (χ0n) is 12.9. The van der Waals surface area contributed by atoms with Gasteiger partial charge in [-0.3, -0.25) is 19.8 Å². The predicted molar refractivity (Wildman–Crippen MR) is 86.0 cm³/mol. The number of hydrogen-bond donors (Lipinski definition) is 1. The van der Waals surface area contributed by atoms with E-state index in [1.807, 2.05) is 13.0 Å². The molecule has 7 heteroatoms. The number of rotatable bonds is 8. The molecule has 1 heterocycles. The Bertz CT molecular complexity index is 655. The Morgan fingerprint density at radius 2 is 2.13 bits per heavy atom. The SMILES string of the molecule is CCN(CCC(=O)Nc1ccccc1[N+](=O)[O-])Cc1ccoc1. The Kier molecular flexibility index (Phi) is 5.87. The van der Waals surface area contributed by atoms with Crippen molar-refractivity contribution in [1.29, 1.82) is 0 Å². The summed E-state index contributed by atoms with van der Waals surface area (Å²) in [6.07, 6.45) is 3.55. The normalized spacial score (nSPS) is 10.7. The average molecular weight is 317 g/mol. The Morgan fingerprint density at radius 3 is 2.78 bits per heavy atom. The van der Waals surface area contributed by atoms with Crippen molar-refractivity contribution in [2.24, 2.45) is 0 Å². The molecule has 1 aromatic carbocycles. The van der Waals surface area contributed by atoms with Crippen molar-refractivity contribution in [1.82, 2.24) is 4.90 Å². The second-order valence-electron chi connectivity index (χ2n) is 5.07. The van der Waals surface area contributed by atoms with Crippen molar-refractivity contribution < 1.29 is 14.1 Å². The summed E-state index contributed by atoms with van der Waals surface area (Å²) in [4.78, 5) is 24.6. The molecule has 0 aliphatic heterocycles. The van der Waals surface area contributed by atoms with Gasteiger partial charge in [0.25, 0.3) is 5.69 Å². The van der Waals surface area contributed by atoms with E-state index in [0.717, 1.165) is 12.1 Å². The third-order valence-corrected chi connectivity index (χ3v) is 3.46. The summed E-state index contributed by atoms with van der Waals surface area (Å²) in [7, 11) is 0. The van der Waals surface area contributed by atoms with Crippen molar-refractivity contribution in [3.8, 4) is 0 Å². The molecule has 0 radical (unpaired) electrons. The number of amides is 1. The van der Waals surface area contributed by atoms with Crippen molar-refractivity contribution in [3.63, 3.8) is 0 Å². The molecule has 2 rings (SSSR count). The second-order valence-corrected chi connectivity index (χ2v) is 5.07. The number of anilines is 1. The summed E-state index contributed by atoms with van der Waals surface area (Å²) in [5, 5.41) is 13.5. The van der Waals surface area contributed by atoms with E-state index >= 15 is 0 Å². The highest BCUT2D eigenvalue weighted by Gasteiger charge is 2.15. The first-order valence-electron chi connectivity index (χ1n) is 7.37. The Balaban J connectivity index is 1.88. The molecule has 0 aliphatic rings. The monoisotopic (exact) mass is 317 g/mol. The van der Waals surface area contributed by atoms with E-state index in [-0.39, 0.29) is 23.7 Å². The van der Waals surface area contributed by atoms with Gasteiger partial charge in [0.2, 0.25) is 5.91 Å². The fraction of sp³-hybridized carbons (Fsp3) is 0.312. The molecule has 0 fully saturated rings. The lowest BCUT2D eigenvalue weighted by atomic mass is 10.2. The van der Waals surface area contributed by atoms with Crippen LogP contribution in [0.5, 0.6) is 0 Å². The van der Waals surface area contributed by atoms with Crippen LogP contribution in [0.4, 0.5) is 11.4 Å². The minimum absolute atomic E-state index is 0.105. The van der Waals surface area contributed by atoms with E-state index < -0.39 is 4.92 Å². The molecule has 0 spiro atoms. The molecule has 1 N–H and O–H groups in total. The third-order valence-electron chi connectivity index (χ3n) is 3.46. The van der Waals surface area contributed by atoms with Crippen LogP contribution in [0, 0.1) is 10.1 Å². The Labute approximate surface area is 134 Å². The standard InChI is InChI=1S/C16H19N3O4/c1-2-18(11-13-8-10-23-12-13)9-7-16(20)17-14-5-3-4-6-15(14)19(21)22/h3-6,8,10,12H,2,7,9,11H2,1H3,(H,17,20). The van der Waals surface area contributed by atoms with E-state index in [2.05, 4.69) is 10.2 Å². The first-order valence-corrected chi connectivity index (χ1v) is 7.37. The summed E-state index contributed by atoms with van der Waals surface area (Å²) < 4.78 is 5.03. The van der Waals surface area contributed by atoms with Gasteiger partial charge in [-0.1, -0.05) is 19.1 Å². The predicted octanol–water partition coefficient (Wildman–Crippen LogP) is 3.04. The number of carbonyl (C=O) groups excluding carboxylic acids is 1. The van der Waals surface area contributed by atoms with Crippen LogP contribution in [-0.4, -0.2) is 28.8 Å². The van der Waals surface area contributed by atoms with Gasteiger partial charge in [-0.25, -0.2) is 0 Å². The summed E-state index contributed by atoms with van der Waals surface area (Å²) in [5.41, 5.74) is 1.16. The fourth-order valence-electron chi connectivity index (χ4n) is 2.20. The molecule has 0 saturated carbocycles. The van der Waals surface area contributed by atoms with Crippen molar-refractivity contribution >= 4 is 17.3 Å². The molecule has 0 unspecified atom stereocenters. The summed E-state index contributed by atoms with van der Waals surface area (Å²) in [6.45, 7) is 4.07. The lowest BCUT2D eigenvalue weighted by molar-refractivity contribution is -0.383. The molecule has 1 aromatic heterocycles. The number of nitro groups is 1. The van der Waals surface area contributed by atoms with Gasteiger partial charge in [0.15, 0.2) is 0 Å². The minimum atomic E-state index is -0.507. The second kappa shape index (κ2) is 8.09. The largest absolute Gasteiger partial charge is 0.472 e. The van der Waals surface area contributed by atoms with Gasteiger partial charge in [0.05, 0.1) is 17.4 Å². The third kappa shape index (κ3) is 4.93. The van der Waals surface area contributed by atoms with Crippen molar-refractivity contribution in [2.45, 2.75) is 19.9 Å². The van der Waals surface area contributed by atoms with Crippen LogP contribution >= 0.6 is 0 Å². The smallest absolute Gasteiger partial charge is 0.292 e. The molecular formula is C16H19N3O4. The fourth-order valence-corrected chi connectivity index (χ4v) is 2.20. The van der Waals surface area contributed by atoms with Crippen LogP contribution in [0.1, 0.15) is 18.9 Å². The van der Waals surface area contributed by atoms with Gasteiger partial charge >= 0.3 is 0 Å². The summed E-state index contributed by atoms with van der Waals surface area (Å²) in [5.74, 6) is -0.245. The van der Waals surface area contributed by atoms with Gasteiger partial charge < -0.3 is 9.73 Å². The van der Waals surface area contributed by atoms with Crippen molar-refractivity contribution in [2.75, 3.05) is 18.4 Å². The average Bonchev–Trinajstić information content (AvgIpc) is 3.04. The quantitative estimate of drug-likeness (QED) is 0.597. The summed E-state index contributed by atoms with van der Waals surface area (Å²) >= 11 is 0. The van der Waals surface area contributed by atoms with Gasteiger partial charge in [-0.2, -0.15) is 0 Å². The zero-order chi connectivity index (χ0) is 16.7. The number of para-hydroxylation sites is 2. The van der Waals surface area contributed by atoms with E-state index in [1.165, 1.54) is 12.1 Å². The summed E-state index contributed by atoms with van der Waals surface area (Å²) in [6, 6.07) is 8.00. The first kappa shape index (κ1) is 16.7. The molecule has 0 aliphatic carbocycles. The van der Waals surface area contributed by atoms with Gasteiger partial charge in [-0.15, -0.1) is 0 Å². The number of nitrogens with one attached hydrogen (secondary N) is 1. The van der Waals surface area contributed by atoms with E-state index in [1.54, 1.807) is 24.7 Å². The van der Waals surface area contributed by atoms with Crippen LogP contribution in [0.15, 0.2) is 47.3 Å². The molecule has 0 atom stereocenters. The number of furan rings is 1. The highest BCUT2D eigenvalue weighted by atomic mass is 16.6. The number of nitro benzene ring substituents is 1. The minimum Gasteiger partial charge on any atom is -0.472 e. The number of hydrogen-bond acceptors (Lipinski definition) is 5. The number of carbonyl (C=O) groups is 1. The molecule has 122 valence electrons. The molecular weight excluding hydrogens is 298 g/mol. The highest BCUT2D eigenvalue weighted by Crippen LogP contribution is 2.23. The van der Waals surface area contributed by atoms with Crippen molar-refractivity contribution in [3.05, 3.63) is 58.5 Å². The maximum Gasteiger partial charge on any atom is 0.292 e. The highest BCUT2D eigenvalue weighted by molar-refractivity contribution is 5.93. The number of benzene rings is 1. The number of nitrogens with zero attached hydrogens (tertiary/aromatic N) is 2. The Hall–Kier alpha value is -2.67. The van der Waals surface area contributed by atoms with Gasteiger partial charge in [0, 0.05) is 31.1 Å². The molecule has 1 amide bonds. The zero-order valence-corrected chi connectivity index (χ0v) is 12.9. The van der Waals surface area contributed by atoms with E-state index in [9.17, 15) is 14.9 Å². The molecule has 0 bridgehead atoms. The molecule has 23 heavy (non-hydrogen) atoms. The van der Waals surface area contributed by atoms with Crippen LogP contribution in [-0.2, 0) is 11.3 Å². The van der Waals surface area contributed by atoms with E-state index in [4.69, 9.17) is 4.42 Å². The van der Waals surface area contributed by atoms with E-state index in [0.29, 0.717) is 13.1 Å². The maximum atomic E-state index is 12.0. The lowest BCUT2D eigenvalue weighted by Crippen LogP contribution is -2.27. The molecule has 7 nitrogen and oxygen atoms in total.